The number of fused-ring (bicyclic) bond motifs is 2. The average molecular weight is 553 g/mol. The largest absolute Gasteiger partial charge is 0.543 e. The minimum absolute atomic E-state index is 0.104. The van der Waals surface area contributed by atoms with E-state index in [9.17, 15) is 24.3 Å². The smallest absolute Gasteiger partial charge is 0.319 e. The van der Waals surface area contributed by atoms with Crippen LogP contribution in [0.3, 0.4) is 0 Å². The second kappa shape index (κ2) is 10.1. The third kappa shape index (κ3) is 4.50. The summed E-state index contributed by atoms with van der Waals surface area (Å²) < 4.78 is 6.42. The number of carboxylic acids is 1. The number of carboxylic acid groups (broad SMARTS) is 1. The molecule has 0 radical (unpaired) electrons. The number of oxime groups is 1. The minimum Gasteiger partial charge on any atom is -0.543 e. The summed E-state index contributed by atoms with van der Waals surface area (Å²) in [6, 6.07) is 7.24. The van der Waals surface area contributed by atoms with E-state index < -0.39 is 35.1 Å². The minimum atomic E-state index is -1.53. The van der Waals surface area contributed by atoms with Crippen molar-refractivity contribution in [2.75, 3.05) is 18.6 Å². The van der Waals surface area contributed by atoms with Gasteiger partial charge >= 0.3 is 6.01 Å². The second-order valence-electron chi connectivity index (χ2n) is 8.42. The normalized spacial score (nSPS) is 18.9. The Labute approximate surface area is 223 Å². The first kappa shape index (κ1) is 25.7. The number of anilines is 1. The molecule has 5 N–H and O–H groups in total. The lowest BCUT2D eigenvalue weighted by Gasteiger charge is -2.50. The molecule has 1 unspecified atom stereocenters. The van der Waals surface area contributed by atoms with Gasteiger partial charge in [-0.2, -0.15) is 9.55 Å². The fraction of sp³-hybridized carbons (Fsp3) is 0.217. The summed E-state index contributed by atoms with van der Waals surface area (Å²) in [6.45, 7) is 0.104. The van der Waals surface area contributed by atoms with Crippen LogP contribution in [0.5, 0.6) is 0 Å². The van der Waals surface area contributed by atoms with Crippen LogP contribution in [0.2, 0.25) is 0 Å². The number of aromatic nitrogens is 3. The molecule has 1 fully saturated rings. The molecule has 16 heteroatoms. The molecule has 4 heterocycles. The molecule has 200 valence electrons. The van der Waals surface area contributed by atoms with Crippen LogP contribution in [0.25, 0.3) is 10.9 Å². The van der Waals surface area contributed by atoms with Gasteiger partial charge in [-0.1, -0.05) is 22.4 Å². The lowest BCUT2D eigenvalue weighted by atomic mass is 10.0. The maximum absolute atomic E-state index is 13.1. The number of nitrogen functional groups attached to an aromatic ring is 1. The number of amides is 3. The van der Waals surface area contributed by atoms with Crippen molar-refractivity contribution in [1.29, 1.82) is 0 Å². The first-order chi connectivity index (χ1) is 18.7. The first-order valence-electron chi connectivity index (χ1n) is 11.3. The van der Waals surface area contributed by atoms with E-state index in [1.807, 2.05) is 0 Å². The molecular weight excluding hydrogens is 532 g/mol. The molecule has 3 amide bonds. The maximum Gasteiger partial charge on any atom is 0.319 e. The summed E-state index contributed by atoms with van der Waals surface area (Å²) in [5.74, 6) is -3.65. The Morgan fingerprint density at radius 3 is 2.77 bits per heavy atom. The molecule has 0 spiro atoms. The molecule has 2 aromatic heterocycles. The van der Waals surface area contributed by atoms with Crippen LogP contribution in [-0.4, -0.2) is 68.7 Å². The van der Waals surface area contributed by atoms with Crippen molar-refractivity contribution in [3.05, 3.63) is 59.2 Å². The van der Waals surface area contributed by atoms with Gasteiger partial charge in [0.2, 0.25) is 23.0 Å². The summed E-state index contributed by atoms with van der Waals surface area (Å²) in [4.78, 5) is 59.5. The van der Waals surface area contributed by atoms with Crippen molar-refractivity contribution in [1.82, 2.24) is 20.4 Å². The third-order valence-corrected chi connectivity index (χ3v) is 7.47. The number of carbonyl (C=O) groups excluding carboxylic acids is 4. The molecule has 0 saturated carbocycles. The molecule has 39 heavy (non-hydrogen) atoms. The highest BCUT2D eigenvalue weighted by atomic mass is 32.2. The maximum atomic E-state index is 13.1. The molecule has 5 rings (SSSR count). The van der Waals surface area contributed by atoms with Gasteiger partial charge in [-0.25, -0.2) is 0 Å². The van der Waals surface area contributed by atoms with E-state index in [-0.39, 0.29) is 35.5 Å². The summed E-state index contributed by atoms with van der Waals surface area (Å²) >= 11 is 1.27. The second-order valence-corrected chi connectivity index (χ2v) is 9.52. The summed E-state index contributed by atoms with van der Waals surface area (Å²) in [5.41, 5.74) is 11.6. The average Bonchev–Trinajstić information content (AvgIpc) is 3.35. The fourth-order valence-corrected chi connectivity index (χ4v) is 5.79. The number of nitrogens with zero attached hydrogens (tertiary/aromatic N) is 5. The Hall–Kier alpha value is -4.99. The Morgan fingerprint density at radius 2 is 2.10 bits per heavy atom. The predicted octanol–water partition coefficient (Wildman–Crippen LogP) is -2.35. The Bertz CT molecular complexity index is 1600. The fourth-order valence-electron chi connectivity index (χ4n) is 4.45. The van der Waals surface area contributed by atoms with E-state index in [0.29, 0.717) is 22.0 Å². The number of hydrogen-bond acceptors (Lipinski definition) is 12. The van der Waals surface area contributed by atoms with Gasteiger partial charge in [-0.3, -0.25) is 19.3 Å². The van der Waals surface area contributed by atoms with Crippen LogP contribution in [0.15, 0.2) is 57.5 Å². The van der Waals surface area contributed by atoms with E-state index in [1.165, 1.54) is 18.9 Å². The van der Waals surface area contributed by atoms with Crippen LogP contribution >= 0.6 is 11.8 Å². The molecule has 2 aliphatic rings. The van der Waals surface area contributed by atoms with Crippen LogP contribution in [-0.2, 0) is 25.8 Å². The number of primary amides is 1. The number of pyridine rings is 1. The molecule has 2 aliphatic heterocycles. The van der Waals surface area contributed by atoms with Gasteiger partial charge in [0.15, 0.2) is 12.7 Å². The van der Waals surface area contributed by atoms with Crippen molar-refractivity contribution in [2.24, 2.45) is 10.9 Å². The molecule has 1 saturated heterocycles. The van der Waals surface area contributed by atoms with E-state index in [2.05, 4.69) is 30.0 Å². The zero-order chi connectivity index (χ0) is 27.8. The van der Waals surface area contributed by atoms with Gasteiger partial charge in [0.25, 0.3) is 11.8 Å². The van der Waals surface area contributed by atoms with Crippen LogP contribution < -0.4 is 26.5 Å². The number of rotatable bonds is 8. The van der Waals surface area contributed by atoms with Crippen molar-refractivity contribution >= 4 is 58.1 Å². The summed E-state index contributed by atoms with van der Waals surface area (Å²) in [7, 11) is 1.20. The molecule has 15 nitrogen and oxygen atoms in total. The van der Waals surface area contributed by atoms with Crippen LogP contribution in [0, 0.1) is 0 Å². The number of aliphatic carboxylic acids is 1. The predicted molar refractivity (Wildman–Crippen MR) is 132 cm³/mol. The summed E-state index contributed by atoms with van der Waals surface area (Å²) in [5, 5.41) is 21.7. The number of β-lactam (4-membered cyclic amide) rings is 1. The highest BCUT2D eigenvalue weighted by Gasteiger charge is 2.53. The topological polar surface area (TPSA) is 223 Å². The van der Waals surface area contributed by atoms with Gasteiger partial charge in [0, 0.05) is 23.5 Å². The van der Waals surface area contributed by atoms with Gasteiger partial charge in [-0.15, -0.1) is 11.8 Å². The van der Waals surface area contributed by atoms with Crippen LogP contribution in [0.4, 0.5) is 6.01 Å². The molecular formula is C23H20N8O7S. The van der Waals surface area contributed by atoms with E-state index >= 15 is 0 Å². The number of nitrogens with one attached hydrogen (secondary N) is 1. The van der Waals surface area contributed by atoms with Gasteiger partial charge in [-0.05, 0) is 6.07 Å². The van der Waals surface area contributed by atoms with Crippen molar-refractivity contribution in [2.45, 2.75) is 18.0 Å². The molecule has 2 atom stereocenters. The van der Waals surface area contributed by atoms with Crippen molar-refractivity contribution in [3.8, 4) is 0 Å². The number of nitrogens with two attached hydrogens (primary N) is 2. The van der Waals surface area contributed by atoms with Gasteiger partial charge in [0.05, 0.1) is 22.6 Å². The zero-order valence-electron chi connectivity index (χ0n) is 20.2. The van der Waals surface area contributed by atoms with E-state index in [1.54, 1.807) is 41.1 Å². The SMILES string of the molecule is CO/N=C(\C(=O)NC1C(=O)N2C(C(=O)[O-])=C(C[n+]3ccc(C(N)=O)c4ccccc43)CS[C@H]12)c1noc(N)n1. The quantitative estimate of drug-likeness (QED) is 0.116. The summed E-state index contributed by atoms with van der Waals surface area (Å²) in [6.07, 6.45) is 1.63. The Kier molecular flexibility index (Phi) is 6.61. The van der Waals surface area contributed by atoms with Crippen molar-refractivity contribution in [3.63, 3.8) is 0 Å². The number of thioether (sulfide) groups is 1. The monoisotopic (exact) mass is 552 g/mol. The molecule has 0 bridgehead atoms. The van der Waals surface area contributed by atoms with Crippen LogP contribution in [0.1, 0.15) is 16.2 Å². The lowest BCUT2D eigenvalue weighted by Crippen LogP contribution is -2.71. The molecule has 0 aliphatic carbocycles. The van der Waals surface area contributed by atoms with E-state index in [4.69, 9.17) is 11.5 Å². The number of carbonyl (C=O) groups is 4. The third-order valence-electron chi connectivity index (χ3n) is 6.13. The number of benzene rings is 1. The highest BCUT2D eigenvalue weighted by Crippen LogP contribution is 2.40. The lowest BCUT2D eigenvalue weighted by molar-refractivity contribution is -0.663. The Morgan fingerprint density at radius 1 is 1.33 bits per heavy atom. The van der Waals surface area contributed by atoms with E-state index in [0.717, 1.165) is 4.90 Å². The molecule has 1 aromatic carbocycles. The Balaban J connectivity index is 1.41. The number of hydrogen-bond donors (Lipinski definition) is 3. The van der Waals surface area contributed by atoms with Gasteiger partial charge < -0.3 is 36.0 Å². The standard InChI is InChI=1S/C23H20N8O7S/c1-37-28-14(18-27-23(25)38-29-18)19(33)26-15-20(34)31-16(22(35)36)10(9-39-21(15)31)8-30-7-6-12(17(24)32)11-4-2-3-5-13(11)30/h2-7,15,21H,8-9H2,1H3,(H5-,24,25,26,27,29,32,33,35,36)/b28-14-/t15?,21-/m1/s1. The first-order valence-corrected chi connectivity index (χ1v) is 12.4. The zero-order valence-corrected chi connectivity index (χ0v) is 21.0. The molecule has 3 aromatic rings. The number of para-hydroxylation sites is 1. The van der Waals surface area contributed by atoms with Gasteiger partial charge in [0.1, 0.15) is 18.5 Å². The highest BCUT2D eigenvalue weighted by molar-refractivity contribution is 8.00. The van der Waals surface area contributed by atoms with Crippen molar-refractivity contribution < 1.29 is 38.2 Å².